The maximum absolute atomic E-state index is 10.3. The van der Waals surface area contributed by atoms with Gasteiger partial charge >= 0.3 is 5.97 Å². The number of nitrogens with one attached hydrogen (secondary N) is 1. The van der Waals surface area contributed by atoms with Gasteiger partial charge in [-0.15, -0.1) is 0 Å². The van der Waals surface area contributed by atoms with Crippen LogP contribution in [0.3, 0.4) is 0 Å². The second-order valence-corrected chi connectivity index (χ2v) is 2.76. The molecule has 0 aliphatic carbocycles. The zero-order valence-electron chi connectivity index (χ0n) is 6.92. The van der Waals surface area contributed by atoms with E-state index in [4.69, 9.17) is 10.2 Å². The van der Waals surface area contributed by atoms with Crippen molar-refractivity contribution in [2.75, 3.05) is 13.1 Å². The molecule has 0 aliphatic rings. The lowest BCUT2D eigenvalue weighted by Crippen LogP contribution is -2.44. The minimum Gasteiger partial charge on any atom is -0.479 e. The van der Waals surface area contributed by atoms with Crippen molar-refractivity contribution >= 4 is 5.97 Å². The number of rotatable bonds is 5. The molecule has 0 heterocycles. The molecule has 66 valence electrons. The van der Waals surface area contributed by atoms with Gasteiger partial charge in [0.2, 0.25) is 0 Å². The first-order valence-electron chi connectivity index (χ1n) is 3.67. The van der Waals surface area contributed by atoms with Crippen molar-refractivity contribution < 1.29 is 15.0 Å². The van der Waals surface area contributed by atoms with Gasteiger partial charge in [-0.3, -0.25) is 0 Å². The van der Waals surface area contributed by atoms with Gasteiger partial charge in [-0.05, 0) is 19.9 Å². The fraction of sp³-hybridized carbons (Fsp3) is 0.857. The highest BCUT2D eigenvalue weighted by molar-refractivity contribution is 5.76. The van der Waals surface area contributed by atoms with Crippen molar-refractivity contribution in [3.05, 3.63) is 0 Å². The molecule has 0 saturated carbocycles. The average Bonchev–Trinajstić information content (AvgIpc) is 1.88. The van der Waals surface area contributed by atoms with Gasteiger partial charge in [0.05, 0.1) is 0 Å². The third-order valence-corrected chi connectivity index (χ3v) is 1.36. The second kappa shape index (κ2) is 4.31. The molecule has 0 radical (unpaired) electrons. The smallest absolute Gasteiger partial charge is 0.336 e. The molecule has 0 bridgehead atoms. The number of carboxylic acid groups (broad SMARTS) is 1. The van der Waals surface area contributed by atoms with E-state index in [9.17, 15) is 4.79 Å². The van der Waals surface area contributed by atoms with Gasteiger partial charge in [-0.1, -0.05) is 6.92 Å². The molecule has 0 aliphatic heterocycles. The Labute approximate surface area is 66.2 Å². The quantitative estimate of drug-likeness (QED) is 0.489. The molecule has 4 heteroatoms. The van der Waals surface area contributed by atoms with Crippen molar-refractivity contribution in [2.45, 2.75) is 25.9 Å². The molecule has 11 heavy (non-hydrogen) atoms. The molecule has 1 atom stereocenters. The molecule has 0 spiro atoms. The zero-order valence-corrected chi connectivity index (χ0v) is 6.92. The van der Waals surface area contributed by atoms with Crippen LogP contribution in [-0.2, 0) is 4.79 Å². The highest BCUT2D eigenvalue weighted by atomic mass is 16.4. The molecule has 0 aromatic rings. The Morgan fingerprint density at radius 3 is 2.55 bits per heavy atom. The summed E-state index contributed by atoms with van der Waals surface area (Å²) in [5.41, 5.74) is -1.64. The van der Waals surface area contributed by atoms with Gasteiger partial charge in [0, 0.05) is 6.54 Å². The minimum absolute atomic E-state index is 0.0934. The minimum atomic E-state index is -1.64. The van der Waals surface area contributed by atoms with Crippen LogP contribution in [0.15, 0.2) is 0 Å². The molecule has 0 fully saturated rings. The molecular weight excluding hydrogens is 146 g/mol. The number of carbonyl (C=O) groups is 1. The summed E-state index contributed by atoms with van der Waals surface area (Å²) in [4.78, 5) is 10.3. The maximum Gasteiger partial charge on any atom is 0.336 e. The Morgan fingerprint density at radius 1 is 1.64 bits per heavy atom. The van der Waals surface area contributed by atoms with Crippen LogP contribution in [-0.4, -0.2) is 34.9 Å². The van der Waals surface area contributed by atoms with Crippen molar-refractivity contribution in [1.29, 1.82) is 0 Å². The van der Waals surface area contributed by atoms with Gasteiger partial charge in [0.15, 0.2) is 5.60 Å². The first-order valence-corrected chi connectivity index (χ1v) is 3.67. The highest BCUT2D eigenvalue weighted by Gasteiger charge is 2.28. The average molecular weight is 161 g/mol. The number of hydrogen-bond donors (Lipinski definition) is 3. The molecule has 0 aromatic carbocycles. The lowest BCUT2D eigenvalue weighted by molar-refractivity contribution is -0.156. The summed E-state index contributed by atoms with van der Waals surface area (Å²) in [6.45, 7) is 4.07. The third kappa shape index (κ3) is 3.95. The van der Waals surface area contributed by atoms with Gasteiger partial charge in [0.1, 0.15) is 0 Å². The van der Waals surface area contributed by atoms with Crippen molar-refractivity contribution in [2.24, 2.45) is 0 Å². The standard InChI is InChI=1S/C7H15NO3/c1-3-4-8-5-7(2,11)6(9)10/h8,11H,3-5H2,1-2H3,(H,9,10). The van der Waals surface area contributed by atoms with E-state index in [2.05, 4.69) is 5.32 Å². The van der Waals surface area contributed by atoms with Crippen molar-refractivity contribution in [3.8, 4) is 0 Å². The van der Waals surface area contributed by atoms with E-state index in [0.717, 1.165) is 13.0 Å². The van der Waals surface area contributed by atoms with Crippen LogP contribution in [0.2, 0.25) is 0 Å². The molecule has 1 unspecified atom stereocenters. The summed E-state index contributed by atoms with van der Waals surface area (Å²) in [5, 5.41) is 20.4. The highest BCUT2D eigenvalue weighted by Crippen LogP contribution is 2.00. The first-order chi connectivity index (χ1) is 5.00. The Hall–Kier alpha value is -0.610. The van der Waals surface area contributed by atoms with Gasteiger partial charge in [0.25, 0.3) is 0 Å². The Balaban J connectivity index is 3.64. The lowest BCUT2D eigenvalue weighted by atomic mass is 10.1. The van der Waals surface area contributed by atoms with E-state index in [1.807, 2.05) is 6.92 Å². The molecule has 0 saturated heterocycles. The molecule has 3 N–H and O–H groups in total. The predicted molar refractivity (Wildman–Crippen MR) is 41.4 cm³/mol. The SMILES string of the molecule is CCCNCC(C)(O)C(=O)O. The number of aliphatic hydroxyl groups is 1. The molecule has 0 aromatic heterocycles. The maximum atomic E-state index is 10.3. The molecular formula is C7H15NO3. The van der Waals surface area contributed by atoms with Crippen LogP contribution < -0.4 is 5.32 Å². The van der Waals surface area contributed by atoms with Crippen molar-refractivity contribution in [3.63, 3.8) is 0 Å². The summed E-state index contributed by atoms with van der Waals surface area (Å²) in [6, 6.07) is 0. The normalized spacial score (nSPS) is 15.9. The monoisotopic (exact) mass is 161 g/mol. The van der Waals surface area contributed by atoms with Gasteiger partial charge in [-0.2, -0.15) is 0 Å². The van der Waals surface area contributed by atoms with Crippen LogP contribution in [0.5, 0.6) is 0 Å². The summed E-state index contributed by atoms with van der Waals surface area (Å²) in [5.74, 6) is -1.19. The van der Waals surface area contributed by atoms with Crippen LogP contribution in [0.4, 0.5) is 0 Å². The lowest BCUT2D eigenvalue weighted by Gasteiger charge is -2.17. The largest absolute Gasteiger partial charge is 0.479 e. The van der Waals surface area contributed by atoms with Crippen LogP contribution in [0.1, 0.15) is 20.3 Å². The van der Waals surface area contributed by atoms with E-state index in [1.54, 1.807) is 0 Å². The fourth-order valence-electron chi connectivity index (χ4n) is 0.584. The van der Waals surface area contributed by atoms with Crippen LogP contribution >= 0.6 is 0 Å². The van der Waals surface area contributed by atoms with E-state index >= 15 is 0 Å². The summed E-state index contributed by atoms with van der Waals surface area (Å²) >= 11 is 0. The number of hydrogen-bond acceptors (Lipinski definition) is 3. The third-order valence-electron chi connectivity index (χ3n) is 1.36. The summed E-state index contributed by atoms with van der Waals surface area (Å²) in [7, 11) is 0. The Morgan fingerprint density at radius 2 is 2.18 bits per heavy atom. The summed E-state index contributed by atoms with van der Waals surface area (Å²) < 4.78 is 0. The van der Waals surface area contributed by atoms with Crippen LogP contribution in [0.25, 0.3) is 0 Å². The topological polar surface area (TPSA) is 69.6 Å². The van der Waals surface area contributed by atoms with Crippen LogP contribution in [0, 0.1) is 0 Å². The number of carboxylic acids is 1. The fourth-order valence-corrected chi connectivity index (χ4v) is 0.584. The Bertz CT molecular complexity index is 134. The zero-order chi connectivity index (χ0) is 8.91. The Kier molecular flexibility index (Phi) is 4.07. The van der Waals surface area contributed by atoms with E-state index in [1.165, 1.54) is 6.92 Å². The molecule has 0 rings (SSSR count). The summed E-state index contributed by atoms with van der Waals surface area (Å²) in [6.07, 6.45) is 0.926. The van der Waals surface area contributed by atoms with Crippen molar-refractivity contribution in [1.82, 2.24) is 5.32 Å². The van der Waals surface area contributed by atoms with Gasteiger partial charge in [-0.25, -0.2) is 4.79 Å². The molecule has 4 nitrogen and oxygen atoms in total. The van der Waals surface area contributed by atoms with E-state index in [-0.39, 0.29) is 6.54 Å². The van der Waals surface area contributed by atoms with E-state index < -0.39 is 11.6 Å². The first kappa shape index (κ1) is 10.4. The van der Waals surface area contributed by atoms with Gasteiger partial charge < -0.3 is 15.5 Å². The predicted octanol–water partition coefficient (Wildman–Crippen LogP) is -0.178. The number of aliphatic carboxylic acids is 1. The second-order valence-electron chi connectivity index (χ2n) is 2.76. The molecule has 0 amide bonds. The van der Waals surface area contributed by atoms with E-state index in [0.29, 0.717) is 0 Å².